The number of Topliss-reactive ketones (excluding diaryl/α,β-unsaturated/α-hetero) is 1. The van der Waals surface area contributed by atoms with Gasteiger partial charge in [-0.25, -0.2) is 0 Å². The van der Waals surface area contributed by atoms with Gasteiger partial charge in [0.15, 0.2) is 0 Å². The fourth-order valence-corrected chi connectivity index (χ4v) is 3.78. The molecule has 0 amide bonds. The van der Waals surface area contributed by atoms with Gasteiger partial charge < -0.3 is 14.9 Å². The van der Waals surface area contributed by atoms with Gasteiger partial charge in [0, 0.05) is 18.8 Å². The third-order valence-electron chi connectivity index (χ3n) is 5.36. The molecule has 0 saturated heterocycles. The normalized spacial score (nSPS) is 23.9. The van der Waals surface area contributed by atoms with Crippen LogP contribution in [0, 0.1) is 11.8 Å². The van der Waals surface area contributed by atoms with Gasteiger partial charge >= 0.3 is 5.97 Å². The summed E-state index contributed by atoms with van der Waals surface area (Å²) in [5.41, 5.74) is 0. The topological polar surface area (TPSA) is 83.8 Å². The lowest BCUT2D eigenvalue weighted by molar-refractivity contribution is -0.143. The van der Waals surface area contributed by atoms with Crippen molar-refractivity contribution in [3.63, 3.8) is 0 Å². The van der Waals surface area contributed by atoms with E-state index in [0.29, 0.717) is 13.0 Å². The third kappa shape index (κ3) is 9.52. The predicted octanol–water partition coefficient (Wildman–Crippen LogP) is 3.95. The zero-order valence-electron chi connectivity index (χ0n) is 17.1. The predicted molar refractivity (Wildman–Crippen MR) is 106 cm³/mol. The van der Waals surface area contributed by atoms with Crippen molar-refractivity contribution in [2.75, 3.05) is 6.61 Å². The Morgan fingerprint density at radius 3 is 2.63 bits per heavy atom. The first kappa shape index (κ1) is 23.8. The molecule has 1 aliphatic carbocycles. The average Bonchev–Trinajstić information content (AvgIpc) is 2.89. The first-order valence-corrected chi connectivity index (χ1v) is 10.7. The van der Waals surface area contributed by atoms with Gasteiger partial charge in [0.25, 0.3) is 0 Å². The first-order valence-electron chi connectivity index (χ1n) is 10.7. The van der Waals surface area contributed by atoms with Crippen molar-refractivity contribution in [1.29, 1.82) is 0 Å². The molecule has 27 heavy (non-hydrogen) atoms. The minimum Gasteiger partial charge on any atom is -0.466 e. The van der Waals surface area contributed by atoms with Crippen LogP contribution in [-0.4, -0.2) is 40.8 Å². The Balaban J connectivity index is 2.34. The number of ketones is 1. The molecule has 0 spiro atoms. The van der Waals surface area contributed by atoms with Crippen LogP contribution in [0.5, 0.6) is 0 Å². The molecular weight excluding hydrogens is 344 g/mol. The van der Waals surface area contributed by atoms with Crippen LogP contribution in [0.3, 0.4) is 0 Å². The quantitative estimate of drug-likeness (QED) is 0.270. The molecule has 0 unspecified atom stereocenters. The molecule has 1 saturated carbocycles. The molecule has 1 rings (SSSR count). The monoisotopic (exact) mass is 382 g/mol. The van der Waals surface area contributed by atoms with Gasteiger partial charge in [0.2, 0.25) is 0 Å². The van der Waals surface area contributed by atoms with Gasteiger partial charge in [0.1, 0.15) is 5.78 Å². The first-order chi connectivity index (χ1) is 13.0. The average molecular weight is 383 g/mol. The summed E-state index contributed by atoms with van der Waals surface area (Å²) in [6.07, 6.45) is 11.5. The number of carbonyl (C=O) groups is 2. The van der Waals surface area contributed by atoms with E-state index in [4.69, 9.17) is 4.74 Å². The molecule has 1 fully saturated rings. The number of unbranched alkanes of at least 4 members (excludes halogenated alkanes) is 5. The fourth-order valence-electron chi connectivity index (χ4n) is 3.78. The molecule has 4 atom stereocenters. The molecular formula is C22H38O5. The van der Waals surface area contributed by atoms with Crippen LogP contribution in [0.1, 0.15) is 84.5 Å². The molecule has 5 nitrogen and oxygen atoms in total. The second kappa shape index (κ2) is 13.9. The minimum absolute atomic E-state index is 0.0540. The Bertz CT molecular complexity index is 460. The highest BCUT2D eigenvalue weighted by molar-refractivity contribution is 5.85. The summed E-state index contributed by atoms with van der Waals surface area (Å²) in [5, 5.41) is 20.3. The minimum atomic E-state index is -0.580. The molecule has 0 aromatic rings. The molecule has 0 heterocycles. The van der Waals surface area contributed by atoms with Crippen LogP contribution in [0.25, 0.3) is 0 Å². The van der Waals surface area contributed by atoms with Crippen molar-refractivity contribution in [2.24, 2.45) is 11.8 Å². The number of esters is 1. The Morgan fingerprint density at radius 1 is 1.19 bits per heavy atom. The van der Waals surface area contributed by atoms with E-state index in [9.17, 15) is 19.8 Å². The maximum atomic E-state index is 12.2. The van der Waals surface area contributed by atoms with Gasteiger partial charge in [-0.2, -0.15) is 0 Å². The summed E-state index contributed by atoms with van der Waals surface area (Å²) in [7, 11) is 0. The van der Waals surface area contributed by atoms with E-state index in [2.05, 4.69) is 6.92 Å². The zero-order valence-corrected chi connectivity index (χ0v) is 17.1. The van der Waals surface area contributed by atoms with Gasteiger partial charge in [-0.05, 0) is 32.1 Å². The summed E-state index contributed by atoms with van der Waals surface area (Å²) in [5.74, 6) is -0.397. The van der Waals surface area contributed by atoms with Crippen molar-refractivity contribution < 1.29 is 24.5 Å². The Labute approximate surface area is 164 Å². The number of aliphatic hydroxyl groups is 2. The zero-order chi connectivity index (χ0) is 20.1. The molecule has 0 aliphatic heterocycles. The standard InChI is InChI=1S/C22H38O5/c1-3-5-8-11-17(23)14-15-19-18(20(24)16-21(19)25)12-9-6-7-10-13-22(26)27-4-2/h14-15,17-20,23-24H,3-13,16H2,1-2H3/t17-,18+,19+,20-/m0/s1. The Hall–Kier alpha value is -1.20. The van der Waals surface area contributed by atoms with Gasteiger partial charge in [0.05, 0.1) is 18.8 Å². The molecule has 2 N–H and O–H groups in total. The van der Waals surface area contributed by atoms with Crippen LogP contribution >= 0.6 is 0 Å². The van der Waals surface area contributed by atoms with Crippen LogP contribution in [0.15, 0.2) is 12.2 Å². The molecule has 0 aromatic heterocycles. The molecule has 0 aromatic carbocycles. The lowest BCUT2D eigenvalue weighted by atomic mass is 9.88. The van der Waals surface area contributed by atoms with Gasteiger partial charge in [-0.3, -0.25) is 9.59 Å². The largest absolute Gasteiger partial charge is 0.466 e. The van der Waals surface area contributed by atoms with E-state index in [1.807, 2.05) is 6.08 Å². The van der Waals surface area contributed by atoms with Crippen molar-refractivity contribution in [3.8, 4) is 0 Å². The smallest absolute Gasteiger partial charge is 0.305 e. The summed E-state index contributed by atoms with van der Waals surface area (Å²) in [4.78, 5) is 23.5. The van der Waals surface area contributed by atoms with Crippen LogP contribution in [-0.2, 0) is 14.3 Å². The van der Waals surface area contributed by atoms with Crippen LogP contribution in [0.4, 0.5) is 0 Å². The van der Waals surface area contributed by atoms with Crippen molar-refractivity contribution in [3.05, 3.63) is 12.2 Å². The number of rotatable bonds is 14. The summed E-state index contributed by atoms with van der Waals surface area (Å²) < 4.78 is 4.91. The number of ether oxygens (including phenoxy) is 1. The van der Waals surface area contributed by atoms with Crippen LogP contribution < -0.4 is 0 Å². The number of aliphatic hydroxyl groups excluding tert-OH is 2. The van der Waals surface area contributed by atoms with Crippen LogP contribution in [0.2, 0.25) is 0 Å². The molecule has 0 radical (unpaired) electrons. The summed E-state index contributed by atoms with van der Waals surface area (Å²) in [6.45, 7) is 4.36. The van der Waals surface area contributed by atoms with E-state index < -0.39 is 12.2 Å². The molecule has 1 aliphatic rings. The lowest BCUT2D eigenvalue weighted by Gasteiger charge is -2.18. The highest BCUT2D eigenvalue weighted by Crippen LogP contribution is 2.34. The van der Waals surface area contributed by atoms with E-state index in [-0.39, 0.29) is 30.0 Å². The molecule has 0 bridgehead atoms. The maximum absolute atomic E-state index is 12.2. The number of allylic oxidation sites excluding steroid dienone is 1. The number of hydrogen-bond acceptors (Lipinski definition) is 5. The summed E-state index contributed by atoms with van der Waals surface area (Å²) >= 11 is 0. The number of carbonyl (C=O) groups excluding carboxylic acids is 2. The van der Waals surface area contributed by atoms with Crippen molar-refractivity contribution >= 4 is 11.8 Å². The van der Waals surface area contributed by atoms with E-state index in [1.54, 1.807) is 13.0 Å². The van der Waals surface area contributed by atoms with Gasteiger partial charge in [-0.15, -0.1) is 0 Å². The maximum Gasteiger partial charge on any atom is 0.305 e. The highest BCUT2D eigenvalue weighted by atomic mass is 16.5. The fraction of sp³-hybridized carbons (Fsp3) is 0.818. The van der Waals surface area contributed by atoms with Crippen molar-refractivity contribution in [2.45, 2.75) is 96.7 Å². The van der Waals surface area contributed by atoms with Gasteiger partial charge in [-0.1, -0.05) is 57.6 Å². The van der Waals surface area contributed by atoms with E-state index >= 15 is 0 Å². The number of hydrogen-bond donors (Lipinski definition) is 2. The SMILES string of the molecule is CCCCC[C@H](O)C=C[C@H]1C(=O)C[C@H](O)[C@@H]1CCCCCCC(=O)OCC. The lowest BCUT2D eigenvalue weighted by Crippen LogP contribution is -2.19. The molecule has 156 valence electrons. The Kier molecular flexibility index (Phi) is 12.3. The second-order valence-corrected chi connectivity index (χ2v) is 7.63. The molecule has 5 heteroatoms. The second-order valence-electron chi connectivity index (χ2n) is 7.63. The highest BCUT2D eigenvalue weighted by Gasteiger charge is 2.39. The van der Waals surface area contributed by atoms with E-state index in [0.717, 1.165) is 57.8 Å². The Morgan fingerprint density at radius 2 is 1.93 bits per heavy atom. The summed E-state index contributed by atoms with van der Waals surface area (Å²) in [6, 6.07) is 0. The third-order valence-corrected chi connectivity index (χ3v) is 5.36. The van der Waals surface area contributed by atoms with E-state index in [1.165, 1.54) is 0 Å². The van der Waals surface area contributed by atoms with Crippen molar-refractivity contribution in [1.82, 2.24) is 0 Å².